The van der Waals surface area contributed by atoms with Crippen LogP contribution in [0.4, 0.5) is 11.4 Å². The molecule has 0 aromatic heterocycles. The number of thioether (sulfide) groups is 1. The van der Waals surface area contributed by atoms with Crippen LogP contribution in [0.1, 0.15) is 0 Å². The highest BCUT2D eigenvalue weighted by atomic mass is 35.5. The van der Waals surface area contributed by atoms with Gasteiger partial charge in [0.25, 0.3) is 5.69 Å². The van der Waals surface area contributed by atoms with E-state index in [4.69, 9.17) is 11.6 Å². The number of hydrogen-bond acceptors (Lipinski definition) is 4. The molecule has 0 amide bonds. The van der Waals surface area contributed by atoms with Gasteiger partial charge in [0.1, 0.15) is 0 Å². The second-order valence-electron chi connectivity index (χ2n) is 3.21. The maximum absolute atomic E-state index is 10.5. The average molecular weight is 273 g/mol. The van der Waals surface area contributed by atoms with Gasteiger partial charge in [-0.1, -0.05) is 17.7 Å². The molecule has 0 saturated heterocycles. The largest absolute Gasteiger partial charge is 0.383 e. The molecule has 1 aromatic carbocycles. The third-order valence-electron chi connectivity index (χ3n) is 1.96. The van der Waals surface area contributed by atoms with E-state index < -0.39 is 4.92 Å². The molecule has 4 nitrogen and oxygen atoms in total. The number of benzene rings is 1. The van der Waals surface area contributed by atoms with Crippen LogP contribution in [0, 0.1) is 10.1 Å². The first-order valence-corrected chi connectivity index (χ1v) is 6.55. The fourth-order valence-electron chi connectivity index (χ4n) is 1.19. The lowest BCUT2D eigenvalue weighted by atomic mass is 10.3. The first kappa shape index (κ1) is 13.9. The summed E-state index contributed by atoms with van der Waals surface area (Å²) in [5.74, 6) is 1.84. The molecule has 0 saturated carbocycles. The Morgan fingerprint density at radius 1 is 1.59 bits per heavy atom. The predicted molar refractivity (Wildman–Crippen MR) is 74.1 cm³/mol. The molecule has 92 valence electrons. The summed E-state index contributed by atoms with van der Waals surface area (Å²) < 4.78 is 0. The van der Waals surface area contributed by atoms with Crippen LogP contribution >= 0.6 is 23.4 Å². The highest BCUT2D eigenvalue weighted by molar-refractivity contribution is 7.99. The summed E-state index contributed by atoms with van der Waals surface area (Å²) in [7, 11) is 0. The van der Waals surface area contributed by atoms with Gasteiger partial charge in [-0.3, -0.25) is 10.1 Å². The number of anilines is 1. The third-order valence-corrected chi connectivity index (χ3v) is 3.24. The van der Waals surface area contributed by atoms with Crippen molar-refractivity contribution in [1.29, 1.82) is 0 Å². The number of rotatable bonds is 7. The molecule has 1 N–H and O–H groups in total. The Balaban J connectivity index is 2.49. The Morgan fingerprint density at radius 2 is 2.35 bits per heavy atom. The van der Waals surface area contributed by atoms with Crippen molar-refractivity contribution >= 4 is 34.7 Å². The van der Waals surface area contributed by atoms with Gasteiger partial charge in [-0.2, -0.15) is 11.8 Å². The number of nitro benzene ring substituents is 1. The van der Waals surface area contributed by atoms with Gasteiger partial charge < -0.3 is 5.32 Å². The second kappa shape index (κ2) is 7.19. The molecule has 0 atom stereocenters. The van der Waals surface area contributed by atoms with Crippen LogP contribution in [-0.4, -0.2) is 23.0 Å². The monoisotopic (exact) mass is 272 g/mol. The number of nitro groups is 1. The molecule has 1 rings (SSSR count). The average Bonchev–Trinajstić information content (AvgIpc) is 2.30. The van der Waals surface area contributed by atoms with Gasteiger partial charge in [0.05, 0.1) is 15.6 Å². The van der Waals surface area contributed by atoms with Crippen molar-refractivity contribution in [3.63, 3.8) is 0 Å². The summed E-state index contributed by atoms with van der Waals surface area (Å²) in [6, 6.07) is 4.41. The summed E-state index contributed by atoms with van der Waals surface area (Å²) in [5.41, 5.74) is 0.720. The normalized spacial score (nSPS) is 9.94. The highest BCUT2D eigenvalue weighted by Crippen LogP contribution is 2.26. The Bertz CT molecular complexity index is 412. The lowest BCUT2D eigenvalue weighted by molar-refractivity contribution is -0.384. The molecule has 0 heterocycles. The van der Waals surface area contributed by atoms with Gasteiger partial charge in [0.15, 0.2) is 0 Å². The van der Waals surface area contributed by atoms with Crippen molar-refractivity contribution in [3.05, 3.63) is 46.0 Å². The van der Waals surface area contributed by atoms with Crippen molar-refractivity contribution in [1.82, 2.24) is 0 Å². The van der Waals surface area contributed by atoms with Crippen LogP contribution in [0.15, 0.2) is 30.9 Å². The number of non-ortho nitro benzene ring substituents is 1. The van der Waals surface area contributed by atoms with E-state index >= 15 is 0 Å². The van der Waals surface area contributed by atoms with Crippen LogP contribution in [0.25, 0.3) is 0 Å². The molecule has 6 heteroatoms. The van der Waals surface area contributed by atoms with Crippen LogP contribution in [0.2, 0.25) is 5.02 Å². The summed E-state index contributed by atoms with van der Waals surface area (Å²) in [5, 5.41) is 14.0. The number of nitrogens with zero attached hydrogens (tertiary/aromatic N) is 1. The number of hydrogen-bond donors (Lipinski definition) is 1. The molecule has 0 unspecified atom stereocenters. The van der Waals surface area contributed by atoms with Gasteiger partial charge in [-0.05, 0) is 6.07 Å². The zero-order chi connectivity index (χ0) is 12.7. The molecule has 0 aliphatic rings. The number of nitrogens with one attached hydrogen (secondary N) is 1. The van der Waals surface area contributed by atoms with Gasteiger partial charge in [-0.15, -0.1) is 6.58 Å². The minimum atomic E-state index is -0.463. The van der Waals surface area contributed by atoms with E-state index in [0.29, 0.717) is 5.02 Å². The lowest BCUT2D eigenvalue weighted by Crippen LogP contribution is -2.04. The summed E-state index contributed by atoms with van der Waals surface area (Å²) in [6.45, 7) is 4.39. The minimum absolute atomic E-state index is 0.00147. The molecule has 0 bridgehead atoms. The third kappa shape index (κ3) is 4.66. The Kier molecular flexibility index (Phi) is 5.86. The predicted octanol–water partition coefficient (Wildman–Crippen LogP) is 3.58. The maximum atomic E-state index is 10.5. The zero-order valence-electron chi connectivity index (χ0n) is 9.19. The number of halogens is 1. The quantitative estimate of drug-likeness (QED) is 0.357. The first-order chi connectivity index (χ1) is 8.15. The van der Waals surface area contributed by atoms with Crippen LogP contribution < -0.4 is 5.32 Å². The minimum Gasteiger partial charge on any atom is -0.383 e. The SMILES string of the molecule is C=CCSCCNc1ccc([N+](=O)[O-])cc1Cl. The fraction of sp³-hybridized carbons (Fsp3) is 0.273. The van der Waals surface area contributed by atoms with E-state index in [-0.39, 0.29) is 5.69 Å². The smallest absolute Gasteiger partial charge is 0.271 e. The summed E-state index contributed by atoms with van der Waals surface area (Å²) >= 11 is 7.68. The van der Waals surface area contributed by atoms with Crippen molar-refractivity contribution < 1.29 is 4.92 Å². The van der Waals surface area contributed by atoms with Crippen LogP contribution in [0.5, 0.6) is 0 Å². The maximum Gasteiger partial charge on any atom is 0.271 e. The molecular weight excluding hydrogens is 260 g/mol. The molecule has 0 aliphatic carbocycles. The summed E-state index contributed by atoms with van der Waals surface area (Å²) in [6.07, 6.45) is 1.85. The Labute approximate surface area is 109 Å². The molecule has 0 spiro atoms. The summed E-state index contributed by atoms with van der Waals surface area (Å²) in [4.78, 5) is 10.0. The zero-order valence-corrected chi connectivity index (χ0v) is 10.8. The van der Waals surface area contributed by atoms with Gasteiger partial charge in [0, 0.05) is 30.2 Å². The first-order valence-electron chi connectivity index (χ1n) is 5.01. The van der Waals surface area contributed by atoms with E-state index in [9.17, 15) is 10.1 Å². The molecule has 0 aliphatic heterocycles. The van der Waals surface area contributed by atoms with E-state index in [0.717, 1.165) is 23.7 Å². The van der Waals surface area contributed by atoms with Gasteiger partial charge in [-0.25, -0.2) is 0 Å². The Morgan fingerprint density at radius 3 is 2.94 bits per heavy atom. The molecule has 17 heavy (non-hydrogen) atoms. The molecule has 0 radical (unpaired) electrons. The van der Waals surface area contributed by atoms with Crippen molar-refractivity contribution in [3.8, 4) is 0 Å². The standard InChI is InChI=1S/C11H13ClN2O2S/c1-2-6-17-7-5-13-11-4-3-9(14(15)16)8-10(11)12/h2-4,8,13H,1,5-7H2. The molecular formula is C11H13ClN2O2S. The second-order valence-corrected chi connectivity index (χ2v) is 4.77. The van der Waals surface area contributed by atoms with Crippen LogP contribution in [0.3, 0.4) is 0 Å². The lowest BCUT2D eigenvalue weighted by Gasteiger charge is -2.07. The van der Waals surface area contributed by atoms with Gasteiger partial charge in [0.2, 0.25) is 0 Å². The topological polar surface area (TPSA) is 55.2 Å². The van der Waals surface area contributed by atoms with E-state index in [1.165, 1.54) is 12.1 Å². The van der Waals surface area contributed by atoms with Gasteiger partial charge >= 0.3 is 0 Å². The van der Waals surface area contributed by atoms with Crippen molar-refractivity contribution in [2.45, 2.75) is 0 Å². The molecule has 0 fully saturated rings. The van der Waals surface area contributed by atoms with E-state index in [1.807, 2.05) is 6.08 Å². The highest BCUT2D eigenvalue weighted by Gasteiger charge is 2.08. The fourth-order valence-corrected chi connectivity index (χ4v) is 2.01. The van der Waals surface area contributed by atoms with Crippen LogP contribution in [-0.2, 0) is 0 Å². The van der Waals surface area contributed by atoms with Crippen molar-refractivity contribution in [2.24, 2.45) is 0 Å². The molecule has 1 aromatic rings. The van der Waals surface area contributed by atoms with E-state index in [1.54, 1.807) is 17.8 Å². The van der Waals surface area contributed by atoms with E-state index in [2.05, 4.69) is 11.9 Å². The Hall–Kier alpha value is -1.20. The van der Waals surface area contributed by atoms with Crippen molar-refractivity contribution in [2.75, 3.05) is 23.4 Å².